The Bertz CT molecular complexity index is 796. The van der Waals surface area contributed by atoms with E-state index in [2.05, 4.69) is 10.1 Å². The molecule has 0 fully saturated rings. The zero-order chi connectivity index (χ0) is 14.8. The maximum atomic E-state index is 12.1. The van der Waals surface area contributed by atoms with Gasteiger partial charge in [0, 0.05) is 16.8 Å². The van der Waals surface area contributed by atoms with Crippen molar-refractivity contribution in [2.24, 2.45) is 0 Å². The van der Waals surface area contributed by atoms with Gasteiger partial charge in [0.15, 0.2) is 5.65 Å². The van der Waals surface area contributed by atoms with E-state index in [-0.39, 0.29) is 0 Å². The molecule has 5 nitrogen and oxygen atoms in total. The average molecular weight is 302 g/mol. The van der Waals surface area contributed by atoms with Crippen LogP contribution in [0.5, 0.6) is 0 Å². The Kier molecular flexibility index (Phi) is 3.58. The second kappa shape index (κ2) is 5.54. The molecular weight excluding hydrogens is 290 g/mol. The first-order valence-corrected chi connectivity index (χ1v) is 6.83. The summed E-state index contributed by atoms with van der Waals surface area (Å²) in [6, 6.07) is 9.12. The average Bonchev–Trinajstić information content (AvgIpc) is 2.95. The summed E-state index contributed by atoms with van der Waals surface area (Å²) >= 11 is 5.90. The molecule has 0 unspecified atom stereocenters. The summed E-state index contributed by atoms with van der Waals surface area (Å²) in [6.45, 7) is 2.08. The van der Waals surface area contributed by atoms with Gasteiger partial charge in [0.05, 0.1) is 6.61 Å². The van der Waals surface area contributed by atoms with E-state index in [0.717, 1.165) is 11.1 Å². The summed E-state index contributed by atoms with van der Waals surface area (Å²) in [5.74, 6) is -0.411. The maximum Gasteiger partial charge on any atom is 0.342 e. The van der Waals surface area contributed by atoms with Gasteiger partial charge in [-0.2, -0.15) is 5.10 Å². The Hall–Kier alpha value is -2.40. The molecule has 0 N–H and O–H groups in total. The van der Waals surface area contributed by atoms with E-state index >= 15 is 0 Å². The van der Waals surface area contributed by atoms with Crippen LogP contribution in [0.4, 0.5) is 0 Å². The van der Waals surface area contributed by atoms with Gasteiger partial charge in [-0.25, -0.2) is 14.3 Å². The SMILES string of the molecule is CCOC(=O)c1cc(-c2ccc(Cl)cc2)cn2ncnc12. The molecule has 6 heteroatoms. The van der Waals surface area contributed by atoms with E-state index in [1.54, 1.807) is 29.6 Å². The van der Waals surface area contributed by atoms with E-state index in [0.29, 0.717) is 22.8 Å². The molecule has 1 aromatic carbocycles. The molecule has 0 aliphatic carbocycles. The minimum Gasteiger partial charge on any atom is -0.462 e. The van der Waals surface area contributed by atoms with E-state index < -0.39 is 5.97 Å². The lowest BCUT2D eigenvalue weighted by Crippen LogP contribution is -2.08. The molecule has 0 aliphatic rings. The van der Waals surface area contributed by atoms with E-state index in [4.69, 9.17) is 16.3 Å². The van der Waals surface area contributed by atoms with Gasteiger partial charge < -0.3 is 4.74 Å². The van der Waals surface area contributed by atoms with E-state index in [9.17, 15) is 4.79 Å². The van der Waals surface area contributed by atoms with Crippen molar-refractivity contribution in [3.05, 3.63) is 53.4 Å². The van der Waals surface area contributed by atoms with Crippen molar-refractivity contribution < 1.29 is 9.53 Å². The molecule has 21 heavy (non-hydrogen) atoms. The third-order valence-electron chi connectivity index (χ3n) is 3.05. The number of esters is 1. The Balaban J connectivity index is 2.16. The monoisotopic (exact) mass is 301 g/mol. The van der Waals surface area contributed by atoms with Gasteiger partial charge in [-0.15, -0.1) is 0 Å². The molecule has 0 saturated heterocycles. The highest BCUT2D eigenvalue weighted by Gasteiger charge is 2.15. The standard InChI is InChI=1S/C15H12ClN3O2/c1-2-21-15(20)13-7-11(8-19-14(13)17-9-18-19)10-3-5-12(16)6-4-10/h3-9H,2H2,1H3. The summed E-state index contributed by atoms with van der Waals surface area (Å²) in [7, 11) is 0. The number of fused-ring (bicyclic) bond motifs is 1. The van der Waals surface area contributed by atoms with Crippen LogP contribution < -0.4 is 0 Å². The molecular formula is C15H12ClN3O2. The van der Waals surface area contributed by atoms with Crippen molar-refractivity contribution in [3.8, 4) is 11.1 Å². The number of hydrogen-bond acceptors (Lipinski definition) is 4. The van der Waals surface area contributed by atoms with Gasteiger partial charge in [0.2, 0.25) is 0 Å². The van der Waals surface area contributed by atoms with Gasteiger partial charge in [-0.3, -0.25) is 0 Å². The topological polar surface area (TPSA) is 56.5 Å². The first kappa shape index (κ1) is 13.6. The predicted molar refractivity (Wildman–Crippen MR) is 79.4 cm³/mol. The largest absolute Gasteiger partial charge is 0.462 e. The number of pyridine rings is 1. The first-order valence-electron chi connectivity index (χ1n) is 6.45. The van der Waals surface area contributed by atoms with Crippen molar-refractivity contribution in [1.82, 2.24) is 14.6 Å². The van der Waals surface area contributed by atoms with Crippen LogP contribution in [0.25, 0.3) is 16.8 Å². The summed E-state index contributed by atoms with van der Waals surface area (Å²) < 4.78 is 6.64. The number of hydrogen-bond donors (Lipinski definition) is 0. The maximum absolute atomic E-state index is 12.1. The number of halogens is 1. The molecule has 0 spiro atoms. The second-order valence-corrected chi connectivity index (χ2v) is 4.83. The van der Waals surface area contributed by atoms with Crippen molar-refractivity contribution >= 4 is 23.2 Å². The van der Waals surface area contributed by atoms with Crippen LogP contribution in [-0.4, -0.2) is 27.2 Å². The van der Waals surface area contributed by atoms with Crippen LogP contribution in [0, 0.1) is 0 Å². The zero-order valence-electron chi connectivity index (χ0n) is 11.3. The zero-order valence-corrected chi connectivity index (χ0v) is 12.0. The molecule has 2 aromatic heterocycles. The fourth-order valence-corrected chi connectivity index (χ4v) is 2.21. The number of benzene rings is 1. The van der Waals surface area contributed by atoms with Crippen molar-refractivity contribution in [3.63, 3.8) is 0 Å². The molecule has 0 atom stereocenters. The molecule has 0 saturated carbocycles. The van der Waals surface area contributed by atoms with Crippen molar-refractivity contribution in [1.29, 1.82) is 0 Å². The van der Waals surface area contributed by atoms with Crippen LogP contribution in [-0.2, 0) is 4.74 Å². The Morgan fingerprint density at radius 3 is 2.76 bits per heavy atom. The molecule has 3 rings (SSSR count). The van der Waals surface area contributed by atoms with Crippen LogP contribution in [0.1, 0.15) is 17.3 Å². The molecule has 0 radical (unpaired) electrons. The molecule has 0 aliphatic heterocycles. The van der Waals surface area contributed by atoms with Gasteiger partial charge in [-0.05, 0) is 30.7 Å². The molecule has 106 valence electrons. The normalized spacial score (nSPS) is 10.8. The van der Waals surface area contributed by atoms with Gasteiger partial charge in [0.1, 0.15) is 11.9 Å². The Morgan fingerprint density at radius 2 is 2.05 bits per heavy atom. The van der Waals surface area contributed by atoms with E-state index in [1.165, 1.54) is 6.33 Å². The minimum atomic E-state index is -0.411. The number of nitrogens with zero attached hydrogens (tertiary/aromatic N) is 3. The van der Waals surface area contributed by atoms with Gasteiger partial charge >= 0.3 is 5.97 Å². The lowest BCUT2D eigenvalue weighted by Gasteiger charge is -2.07. The number of rotatable bonds is 3. The van der Waals surface area contributed by atoms with Crippen LogP contribution in [0.15, 0.2) is 42.9 Å². The Morgan fingerprint density at radius 1 is 1.29 bits per heavy atom. The van der Waals surface area contributed by atoms with Gasteiger partial charge in [-0.1, -0.05) is 23.7 Å². The van der Waals surface area contributed by atoms with Crippen LogP contribution >= 0.6 is 11.6 Å². The highest BCUT2D eigenvalue weighted by Crippen LogP contribution is 2.24. The molecule has 2 heterocycles. The fourth-order valence-electron chi connectivity index (χ4n) is 2.09. The van der Waals surface area contributed by atoms with Crippen molar-refractivity contribution in [2.45, 2.75) is 6.92 Å². The second-order valence-electron chi connectivity index (χ2n) is 4.40. The van der Waals surface area contributed by atoms with Gasteiger partial charge in [0.25, 0.3) is 0 Å². The predicted octanol–water partition coefficient (Wildman–Crippen LogP) is 3.23. The fraction of sp³-hybridized carbons (Fsp3) is 0.133. The number of carbonyl (C=O) groups excluding carboxylic acids is 1. The number of ether oxygens (including phenoxy) is 1. The van der Waals surface area contributed by atoms with E-state index in [1.807, 2.05) is 18.3 Å². The smallest absolute Gasteiger partial charge is 0.342 e. The first-order chi connectivity index (χ1) is 10.2. The molecule has 0 amide bonds. The minimum absolute atomic E-state index is 0.310. The number of carbonyl (C=O) groups is 1. The lowest BCUT2D eigenvalue weighted by atomic mass is 10.1. The van der Waals surface area contributed by atoms with Crippen LogP contribution in [0.3, 0.4) is 0 Å². The quantitative estimate of drug-likeness (QED) is 0.697. The summed E-state index contributed by atoms with van der Waals surface area (Å²) in [5, 5.41) is 4.76. The third-order valence-corrected chi connectivity index (χ3v) is 3.30. The highest BCUT2D eigenvalue weighted by molar-refractivity contribution is 6.30. The summed E-state index contributed by atoms with van der Waals surface area (Å²) in [5.41, 5.74) is 2.64. The highest BCUT2D eigenvalue weighted by atomic mass is 35.5. The third kappa shape index (κ3) is 2.60. The lowest BCUT2D eigenvalue weighted by molar-refractivity contribution is 0.0528. The summed E-state index contributed by atoms with van der Waals surface area (Å²) in [4.78, 5) is 16.2. The number of aromatic nitrogens is 3. The summed E-state index contributed by atoms with van der Waals surface area (Å²) in [6.07, 6.45) is 3.22. The molecule has 0 bridgehead atoms. The molecule has 3 aromatic rings. The Labute approximate surface area is 126 Å². The van der Waals surface area contributed by atoms with Crippen LogP contribution in [0.2, 0.25) is 5.02 Å². The van der Waals surface area contributed by atoms with Crippen molar-refractivity contribution in [2.75, 3.05) is 6.61 Å².